The van der Waals surface area contributed by atoms with E-state index < -0.39 is 0 Å². The first-order chi connectivity index (χ1) is 9.61. The summed E-state index contributed by atoms with van der Waals surface area (Å²) < 4.78 is 5.14. The highest BCUT2D eigenvalue weighted by Crippen LogP contribution is 2.17. The zero-order valence-electron chi connectivity index (χ0n) is 12.6. The van der Waals surface area contributed by atoms with Crippen LogP contribution in [0.2, 0.25) is 0 Å². The molecule has 1 atom stereocenters. The second kappa shape index (κ2) is 6.75. The summed E-state index contributed by atoms with van der Waals surface area (Å²) in [5.74, 6) is 1.03. The molecule has 1 aliphatic heterocycles. The molecule has 0 radical (unpaired) electrons. The molecule has 0 spiro atoms. The summed E-state index contributed by atoms with van der Waals surface area (Å²) in [5.41, 5.74) is 1.03. The number of ether oxygens (including phenoxy) is 1. The van der Waals surface area contributed by atoms with E-state index in [1.54, 1.807) is 7.11 Å². The fourth-order valence-corrected chi connectivity index (χ4v) is 2.80. The quantitative estimate of drug-likeness (QED) is 0.892. The predicted molar refractivity (Wildman–Crippen MR) is 80.0 cm³/mol. The molecule has 0 bridgehead atoms. The summed E-state index contributed by atoms with van der Waals surface area (Å²) in [6.45, 7) is 6.09. The van der Waals surface area contributed by atoms with Crippen LogP contribution in [-0.2, 0) is 11.2 Å². The summed E-state index contributed by atoms with van der Waals surface area (Å²) >= 11 is 0. The minimum atomic E-state index is 0.207. The van der Waals surface area contributed by atoms with Crippen LogP contribution in [-0.4, -0.2) is 43.1 Å². The number of rotatable bonds is 5. The standard InChI is InChI=1S/C16H24N2O2/c1-12(2)18(14-8-9-17-11-14)16(19)10-13-4-6-15(20-3)7-5-13/h4-7,12,14,17H,8-11H2,1-3H3. The normalized spacial score (nSPS) is 18.3. The minimum absolute atomic E-state index is 0.207. The van der Waals surface area contributed by atoms with Crippen LogP contribution >= 0.6 is 0 Å². The van der Waals surface area contributed by atoms with E-state index in [-0.39, 0.29) is 11.9 Å². The van der Waals surface area contributed by atoms with Gasteiger partial charge in [-0.25, -0.2) is 0 Å². The van der Waals surface area contributed by atoms with Crippen molar-refractivity contribution < 1.29 is 9.53 Å². The SMILES string of the molecule is COc1ccc(CC(=O)N(C(C)C)C2CCNC2)cc1. The number of amides is 1. The third-order valence-electron chi connectivity index (χ3n) is 3.79. The van der Waals surface area contributed by atoms with Crippen LogP contribution in [0.3, 0.4) is 0 Å². The maximum absolute atomic E-state index is 12.6. The van der Waals surface area contributed by atoms with Gasteiger partial charge in [-0.05, 0) is 44.5 Å². The van der Waals surface area contributed by atoms with Crippen LogP contribution in [0.5, 0.6) is 5.75 Å². The molecule has 1 aromatic rings. The number of hydrogen-bond acceptors (Lipinski definition) is 3. The molecular formula is C16H24N2O2. The lowest BCUT2D eigenvalue weighted by molar-refractivity contribution is -0.134. The lowest BCUT2D eigenvalue weighted by Crippen LogP contribution is -2.46. The molecule has 1 fully saturated rings. The van der Waals surface area contributed by atoms with Crippen LogP contribution in [0, 0.1) is 0 Å². The van der Waals surface area contributed by atoms with Crippen LogP contribution in [0.15, 0.2) is 24.3 Å². The predicted octanol–water partition coefficient (Wildman–Crippen LogP) is 1.84. The van der Waals surface area contributed by atoms with Crippen LogP contribution in [0.4, 0.5) is 0 Å². The van der Waals surface area contributed by atoms with E-state index in [2.05, 4.69) is 19.2 Å². The molecular weight excluding hydrogens is 252 g/mol. The molecule has 4 nitrogen and oxygen atoms in total. The maximum Gasteiger partial charge on any atom is 0.227 e. The third kappa shape index (κ3) is 3.51. The third-order valence-corrected chi connectivity index (χ3v) is 3.79. The van der Waals surface area contributed by atoms with Gasteiger partial charge < -0.3 is 15.0 Å². The number of carbonyl (C=O) groups is 1. The molecule has 1 unspecified atom stereocenters. The first kappa shape index (κ1) is 14.9. The Morgan fingerprint density at radius 3 is 2.60 bits per heavy atom. The largest absolute Gasteiger partial charge is 0.497 e. The second-order valence-electron chi connectivity index (χ2n) is 5.57. The fourth-order valence-electron chi connectivity index (χ4n) is 2.80. The van der Waals surface area contributed by atoms with Crippen molar-refractivity contribution in [3.8, 4) is 5.75 Å². The van der Waals surface area contributed by atoms with Gasteiger partial charge in [0.15, 0.2) is 0 Å². The van der Waals surface area contributed by atoms with Gasteiger partial charge in [0, 0.05) is 18.6 Å². The van der Waals surface area contributed by atoms with Crippen molar-refractivity contribution in [2.45, 2.75) is 38.8 Å². The lowest BCUT2D eigenvalue weighted by Gasteiger charge is -2.32. The molecule has 1 N–H and O–H groups in total. The first-order valence-electron chi connectivity index (χ1n) is 7.26. The number of benzene rings is 1. The summed E-state index contributed by atoms with van der Waals surface area (Å²) in [7, 11) is 1.65. The molecule has 1 amide bonds. The molecule has 2 rings (SSSR count). The maximum atomic E-state index is 12.6. The molecule has 1 heterocycles. The van der Waals surface area contributed by atoms with Crippen molar-refractivity contribution in [3.05, 3.63) is 29.8 Å². The number of methoxy groups -OCH3 is 1. The van der Waals surface area contributed by atoms with Crippen molar-refractivity contribution in [1.82, 2.24) is 10.2 Å². The van der Waals surface area contributed by atoms with Gasteiger partial charge in [-0.2, -0.15) is 0 Å². The Balaban J connectivity index is 2.03. The van der Waals surface area contributed by atoms with Gasteiger partial charge in [0.05, 0.1) is 13.5 Å². The van der Waals surface area contributed by atoms with E-state index in [0.29, 0.717) is 12.5 Å². The van der Waals surface area contributed by atoms with Crippen LogP contribution in [0.25, 0.3) is 0 Å². The Morgan fingerprint density at radius 2 is 2.10 bits per heavy atom. The Kier molecular flexibility index (Phi) is 5.01. The molecule has 20 heavy (non-hydrogen) atoms. The summed E-state index contributed by atoms with van der Waals surface area (Å²) in [5, 5.41) is 3.33. The van der Waals surface area contributed by atoms with E-state index in [9.17, 15) is 4.79 Å². The zero-order valence-corrected chi connectivity index (χ0v) is 12.6. The van der Waals surface area contributed by atoms with Crippen LogP contribution < -0.4 is 10.1 Å². The van der Waals surface area contributed by atoms with Crippen molar-refractivity contribution in [3.63, 3.8) is 0 Å². The van der Waals surface area contributed by atoms with Crippen molar-refractivity contribution in [1.29, 1.82) is 0 Å². The van der Waals surface area contributed by atoms with E-state index in [4.69, 9.17) is 4.74 Å². The molecule has 1 aromatic carbocycles. The minimum Gasteiger partial charge on any atom is -0.497 e. The number of nitrogens with one attached hydrogen (secondary N) is 1. The number of carbonyl (C=O) groups excluding carboxylic acids is 1. The average molecular weight is 276 g/mol. The molecule has 1 aliphatic rings. The lowest BCUT2D eigenvalue weighted by atomic mass is 10.1. The monoisotopic (exact) mass is 276 g/mol. The van der Waals surface area contributed by atoms with Gasteiger partial charge in [0.2, 0.25) is 5.91 Å². The average Bonchev–Trinajstić information content (AvgIpc) is 2.93. The van der Waals surface area contributed by atoms with Crippen molar-refractivity contribution in [2.24, 2.45) is 0 Å². The summed E-state index contributed by atoms with van der Waals surface area (Å²) in [6, 6.07) is 8.30. The van der Waals surface area contributed by atoms with Crippen molar-refractivity contribution in [2.75, 3.05) is 20.2 Å². The van der Waals surface area contributed by atoms with Gasteiger partial charge in [0.25, 0.3) is 0 Å². The van der Waals surface area contributed by atoms with Crippen molar-refractivity contribution >= 4 is 5.91 Å². The Labute approximate surface area is 121 Å². The van der Waals surface area contributed by atoms with Gasteiger partial charge in [-0.1, -0.05) is 12.1 Å². The highest BCUT2D eigenvalue weighted by atomic mass is 16.5. The van der Waals surface area contributed by atoms with E-state index in [1.165, 1.54) is 0 Å². The van der Waals surface area contributed by atoms with Gasteiger partial charge in [-0.15, -0.1) is 0 Å². The van der Waals surface area contributed by atoms with Gasteiger partial charge in [-0.3, -0.25) is 4.79 Å². The smallest absolute Gasteiger partial charge is 0.227 e. The van der Waals surface area contributed by atoms with Gasteiger partial charge in [0.1, 0.15) is 5.75 Å². The van der Waals surface area contributed by atoms with E-state index >= 15 is 0 Å². The molecule has 0 saturated carbocycles. The Bertz CT molecular complexity index is 436. The second-order valence-corrected chi connectivity index (χ2v) is 5.57. The highest BCUT2D eigenvalue weighted by molar-refractivity contribution is 5.79. The molecule has 0 aliphatic carbocycles. The Morgan fingerprint density at radius 1 is 1.40 bits per heavy atom. The summed E-state index contributed by atoms with van der Waals surface area (Å²) in [4.78, 5) is 14.6. The molecule has 0 aromatic heterocycles. The molecule has 1 saturated heterocycles. The molecule has 4 heteroatoms. The van der Waals surface area contributed by atoms with E-state index in [0.717, 1.165) is 30.8 Å². The Hall–Kier alpha value is -1.55. The number of nitrogens with zero attached hydrogens (tertiary/aromatic N) is 1. The number of hydrogen-bond donors (Lipinski definition) is 1. The fraction of sp³-hybridized carbons (Fsp3) is 0.562. The highest BCUT2D eigenvalue weighted by Gasteiger charge is 2.28. The van der Waals surface area contributed by atoms with Crippen LogP contribution in [0.1, 0.15) is 25.8 Å². The molecule has 110 valence electrons. The van der Waals surface area contributed by atoms with Gasteiger partial charge >= 0.3 is 0 Å². The van der Waals surface area contributed by atoms with E-state index in [1.807, 2.05) is 29.2 Å². The summed E-state index contributed by atoms with van der Waals surface area (Å²) in [6.07, 6.45) is 1.51. The topological polar surface area (TPSA) is 41.6 Å². The first-order valence-corrected chi connectivity index (χ1v) is 7.26. The zero-order chi connectivity index (χ0) is 14.5.